The average Bonchev–Trinajstić information content (AvgIpc) is 2.81. The Balaban J connectivity index is 5.59. The van der Waals surface area contributed by atoms with E-state index < -0.39 is 54.0 Å². The molecule has 0 spiro atoms. The highest BCUT2D eigenvalue weighted by Crippen LogP contribution is 2.11. The van der Waals surface area contributed by atoms with Gasteiger partial charge in [-0.2, -0.15) is 0 Å². The van der Waals surface area contributed by atoms with Crippen LogP contribution in [0.1, 0.15) is 59.3 Å². The number of carbonyl (C=O) groups is 4. The quantitative estimate of drug-likeness (QED) is 0.0523. The minimum Gasteiger partial charge on any atom is -0.480 e. The fourth-order valence-electron chi connectivity index (χ4n) is 3.28. The molecule has 0 rings (SSSR count). The van der Waals surface area contributed by atoms with E-state index in [1.165, 1.54) is 6.92 Å². The maximum atomic E-state index is 13.2. The molecule has 0 fully saturated rings. The van der Waals surface area contributed by atoms with Crippen LogP contribution in [-0.4, -0.2) is 83.2 Å². The molecule has 0 bridgehead atoms. The van der Waals surface area contributed by atoms with Crippen LogP contribution in [0.15, 0.2) is 4.99 Å². The molecule has 14 nitrogen and oxygen atoms in total. The SMILES string of the molecule is CCC(C)C(NC(=O)C(N)CCCCN)C(=O)NC(CCCN=C(N)N)C(=O)NC(C(=O)O)C(C)O. The highest BCUT2D eigenvalue weighted by atomic mass is 16.4. The monoisotopic (exact) mass is 516 g/mol. The number of carboxylic acid groups (broad SMARTS) is 1. The molecule has 0 saturated carbocycles. The van der Waals surface area contributed by atoms with Gasteiger partial charge in [0.05, 0.1) is 12.1 Å². The molecule has 0 heterocycles. The van der Waals surface area contributed by atoms with Crippen molar-refractivity contribution in [2.45, 2.75) is 89.6 Å². The molecule has 0 aromatic carbocycles. The van der Waals surface area contributed by atoms with E-state index in [1.54, 1.807) is 6.92 Å². The van der Waals surface area contributed by atoms with Gasteiger partial charge in [-0.25, -0.2) is 4.79 Å². The van der Waals surface area contributed by atoms with E-state index in [0.29, 0.717) is 25.8 Å². The summed E-state index contributed by atoms with van der Waals surface area (Å²) < 4.78 is 0. The summed E-state index contributed by atoms with van der Waals surface area (Å²) in [5, 5.41) is 26.5. The van der Waals surface area contributed by atoms with Crippen molar-refractivity contribution in [2.24, 2.45) is 33.8 Å². The number of aliphatic carboxylic acids is 1. The Bertz CT molecular complexity index is 744. The number of aliphatic imine (C=N–C) groups is 1. The third-order valence-electron chi connectivity index (χ3n) is 5.72. The summed E-state index contributed by atoms with van der Waals surface area (Å²) in [6.45, 7) is 5.49. The highest BCUT2D eigenvalue weighted by molar-refractivity contribution is 5.94. The van der Waals surface area contributed by atoms with E-state index >= 15 is 0 Å². The minimum atomic E-state index is -1.58. The van der Waals surface area contributed by atoms with Gasteiger partial charge in [-0.3, -0.25) is 19.4 Å². The Morgan fingerprint density at radius 1 is 0.889 bits per heavy atom. The summed E-state index contributed by atoms with van der Waals surface area (Å²) in [4.78, 5) is 53.9. The van der Waals surface area contributed by atoms with Crippen LogP contribution < -0.4 is 38.9 Å². The molecule has 6 unspecified atom stereocenters. The van der Waals surface area contributed by atoms with E-state index in [0.717, 1.165) is 6.42 Å². The number of aliphatic hydroxyl groups excluding tert-OH is 1. The van der Waals surface area contributed by atoms with E-state index in [1.807, 2.05) is 6.92 Å². The van der Waals surface area contributed by atoms with Gasteiger partial charge in [0.2, 0.25) is 17.7 Å². The van der Waals surface area contributed by atoms with Crippen LogP contribution in [0.4, 0.5) is 0 Å². The lowest BCUT2D eigenvalue weighted by Crippen LogP contribution is -2.59. The second-order valence-corrected chi connectivity index (χ2v) is 8.84. The van der Waals surface area contributed by atoms with Gasteiger partial charge < -0.3 is 49.1 Å². The van der Waals surface area contributed by atoms with Gasteiger partial charge in [-0.05, 0) is 45.1 Å². The Labute approximate surface area is 212 Å². The first-order valence-electron chi connectivity index (χ1n) is 12.2. The minimum absolute atomic E-state index is 0.0697. The van der Waals surface area contributed by atoms with E-state index in [2.05, 4.69) is 20.9 Å². The maximum absolute atomic E-state index is 13.2. The van der Waals surface area contributed by atoms with Crippen molar-refractivity contribution < 1.29 is 29.4 Å². The number of rotatable bonds is 18. The topological polar surface area (TPSA) is 261 Å². The zero-order valence-electron chi connectivity index (χ0n) is 21.4. The molecule has 208 valence electrons. The lowest BCUT2D eigenvalue weighted by atomic mass is 9.96. The summed E-state index contributed by atoms with van der Waals surface area (Å²) >= 11 is 0. The highest BCUT2D eigenvalue weighted by Gasteiger charge is 2.33. The number of aliphatic hydroxyl groups is 1. The molecule has 3 amide bonds. The molecule has 6 atom stereocenters. The summed E-state index contributed by atoms with van der Waals surface area (Å²) in [6, 6.07) is -4.56. The molecular formula is C22H44N8O6. The summed E-state index contributed by atoms with van der Waals surface area (Å²) in [7, 11) is 0. The predicted octanol–water partition coefficient (Wildman–Crippen LogP) is -2.54. The Hall–Kier alpha value is -2.97. The first-order chi connectivity index (χ1) is 16.8. The fraction of sp³-hybridized carbons (Fsp3) is 0.773. The number of guanidine groups is 1. The van der Waals surface area contributed by atoms with Crippen molar-refractivity contribution in [2.75, 3.05) is 13.1 Å². The third-order valence-corrected chi connectivity index (χ3v) is 5.72. The second-order valence-electron chi connectivity index (χ2n) is 8.84. The summed E-state index contributed by atoms with van der Waals surface area (Å²) in [5.74, 6) is -3.80. The first kappa shape index (κ1) is 33.0. The molecule has 13 N–H and O–H groups in total. The van der Waals surface area contributed by atoms with Gasteiger partial charge in [0.25, 0.3) is 0 Å². The molecule has 0 aliphatic carbocycles. The Kier molecular flexibility index (Phi) is 16.0. The van der Waals surface area contributed by atoms with E-state index in [9.17, 15) is 29.4 Å². The van der Waals surface area contributed by atoms with Gasteiger partial charge in [-0.15, -0.1) is 0 Å². The van der Waals surface area contributed by atoms with Gasteiger partial charge in [0, 0.05) is 6.54 Å². The number of nitrogens with two attached hydrogens (primary N) is 4. The maximum Gasteiger partial charge on any atom is 0.328 e. The van der Waals surface area contributed by atoms with Crippen LogP contribution in [0.25, 0.3) is 0 Å². The lowest BCUT2D eigenvalue weighted by molar-refractivity contribution is -0.145. The molecule has 0 aliphatic rings. The van der Waals surface area contributed by atoms with Crippen molar-refractivity contribution in [1.29, 1.82) is 0 Å². The molecule has 0 aliphatic heterocycles. The van der Waals surface area contributed by atoms with Gasteiger partial charge >= 0.3 is 5.97 Å². The second kappa shape index (κ2) is 17.5. The van der Waals surface area contributed by atoms with Crippen LogP contribution in [0.5, 0.6) is 0 Å². The number of hydrogen-bond acceptors (Lipinski definition) is 8. The molecule has 36 heavy (non-hydrogen) atoms. The van der Waals surface area contributed by atoms with Crippen molar-refractivity contribution in [1.82, 2.24) is 16.0 Å². The van der Waals surface area contributed by atoms with Crippen molar-refractivity contribution in [3.05, 3.63) is 0 Å². The molecular weight excluding hydrogens is 472 g/mol. The summed E-state index contributed by atoms with van der Waals surface area (Å²) in [6.07, 6.45) is 1.32. The zero-order valence-corrected chi connectivity index (χ0v) is 21.4. The molecule has 14 heteroatoms. The van der Waals surface area contributed by atoms with Crippen LogP contribution in [-0.2, 0) is 19.2 Å². The van der Waals surface area contributed by atoms with Crippen LogP contribution >= 0.6 is 0 Å². The number of amides is 3. The normalized spacial score (nSPS) is 15.9. The number of carboxylic acids is 1. The fourth-order valence-corrected chi connectivity index (χ4v) is 3.28. The first-order valence-corrected chi connectivity index (χ1v) is 12.2. The zero-order chi connectivity index (χ0) is 27.8. The van der Waals surface area contributed by atoms with Gasteiger partial charge in [-0.1, -0.05) is 26.7 Å². The largest absolute Gasteiger partial charge is 0.480 e. The van der Waals surface area contributed by atoms with Crippen molar-refractivity contribution >= 4 is 29.7 Å². The standard InChI is InChI=1S/C22H44N8O6/c1-4-12(2)16(29-18(32)14(24)8-5-6-10-23)20(34)28-15(9-7-11-27-22(25)26)19(33)30-17(13(3)31)21(35)36/h12-17,31H,4-11,23-24H2,1-3H3,(H,28,34)(H,29,32)(H,30,33)(H,35,36)(H4,25,26,27). The van der Waals surface area contributed by atoms with Crippen LogP contribution in [0.2, 0.25) is 0 Å². The van der Waals surface area contributed by atoms with Crippen LogP contribution in [0, 0.1) is 5.92 Å². The van der Waals surface area contributed by atoms with E-state index in [-0.39, 0.29) is 31.3 Å². The van der Waals surface area contributed by atoms with Gasteiger partial charge in [0.15, 0.2) is 12.0 Å². The molecule has 0 aromatic heterocycles. The number of hydrogen-bond donors (Lipinski definition) is 9. The van der Waals surface area contributed by atoms with Gasteiger partial charge in [0.1, 0.15) is 12.1 Å². The third kappa shape index (κ3) is 12.7. The molecule has 0 saturated heterocycles. The number of nitrogens with one attached hydrogen (secondary N) is 3. The number of unbranched alkanes of at least 4 members (excludes halogenated alkanes) is 1. The molecule has 0 aromatic rings. The summed E-state index contributed by atoms with van der Waals surface area (Å²) in [5.41, 5.74) is 22.0. The molecule has 0 radical (unpaired) electrons. The van der Waals surface area contributed by atoms with Crippen molar-refractivity contribution in [3.8, 4) is 0 Å². The average molecular weight is 517 g/mol. The van der Waals surface area contributed by atoms with E-state index in [4.69, 9.17) is 22.9 Å². The number of carbonyl (C=O) groups excluding carboxylic acids is 3. The van der Waals surface area contributed by atoms with Crippen molar-refractivity contribution in [3.63, 3.8) is 0 Å². The Morgan fingerprint density at radius 2 is 1.50 bits per heavy atom. The Morgan fingerprint density at radius 3 is 2.00 bits per heavy atom. The smallest absolute Gasteiger partial charge is 0.328 e. The van der Waals surface area contributed by atoms with Crippen LogP contribution in [0.3, 0.4) is 0 Å². The lowest BCUT2D eigenvalue weighted by Gasteiger charge is -2.28. The number of nitrogens with zero attached hydrogens (tertiary/aromatic N) is 1. The predicted molar refractivity (Wildman–Crippen MR) is 135 cm³/mol.